The topological polar surface area (TPSA) is 38.3 Å². The van der Waals surface area contributed by atoms with E-state index >= 15 is 0 Å². The van der Waals surface area contributed by atoms with Crippen LogP contribution in [0.3, 0.4) is 0 Å². The van der Waals surface area contributed by atoms with Crippen LogP contribution in [0.4, 0.5) is 0 Å². The van der Waals surface area contributed by atoms with Crippen LogP contribution in [-0.4, -0.2) is 19.4 Å². The van der Waals surface area contributed by atoms with Crippen LogP contribution in [0.2, 0.25) is 0 Å². The van der Waals surface area contributed by atoms with Gasteiger partial charge < -0.3 is 10.1 Å². The second-order valence-corrected chi connectivity index (χ2v) is 3.95. The van der Waals surface area contributed by atoms with Crippen molar-refractivity contribution in [2.24, 2.45) is 0 Å². The monoisotopic (exact) mass is 241 g/mol. The van der Waals surface area contributed by atoms with Crippen LogP contribution in [0.5, 0.6) is 5.75 Å². The Morgan fingerprint density at radius 3 is 2.38 bits per heavy atom. The summed E-state index contributed by atoms with van der Waals surface area (Å²) in [6, 6.07) is 7.64. The molecule has 1 fully saturated rings. The predicted octanol–water partition coefficient (Wildman–Crippen LogP) is 1.89. The van der Waals surface area contributed by atoms with Crippen LogP contribution in [0.1, 0.15) is 18.9 Å². The molecule has 0 aromatic heterocycles. The summed E-state index contributed by atoms with van der Waals surface area (Å²) < 4.78 is 5.09. The molecule has 1 aromatic carbocycles. The van der Waals surface area contributed by atoms with E-state index in [-0.39, 0.29) is 18.2 Å². The number of ether oxygens (including phenoxy) is 1. The van der Waals surface area contributed by atoms with Gasteiger partial charge in [-0.1, -0.05) is 12.1 Å². The normalized spacial score (nSPS) is 24.0. The summed E-state index contributed by atoms with van der Waals surface area (Å²) in [5, 5.41) is 3.25. The predicted molar refractivity (Wildman–Crippen MR) is 65.2 cm³/mol. The highest BCUT2D eigenvalue weighted by atomic mass is 35.5. The molecule has 2 rings (SSSR count). The zero-order valence-corrected chi connectivity index (χ0v) is 10.3. The fraction of sp³-hybridized carbons (Fsp3) is 0.417. The number of hydrogen-bond acceptors (Lipinski definition) is 3. The van der Waals surface area contributed by atoms with Crippen molar-refractivity contribution in [1.82, 2.24) is 5.32 Å². The molecule has 1 unspecified atom stereocenters. The van der Waals surface area contributed by atoms with Crippen molar-refractivity contribution in [3.05, 3.63) is 29.8 Å². The second kappa shape index (κ2) is 4.85. The highest BCUT2D eigenvalue weighted by molar-refractivity contribution is 5.91. The van der Waals surface area contributed by atoms with Gasteiger partial charge in [0.1, 0.15) is 11.3 Å². The number of carbonyl (C=O) groups is 1. The lowest BCUT2D eigenvalue weighted by Gasteiger charge is -2.23. The minimum absolute atomic E-state index is 0. The lowest BCUT2D eigenvalue weighted by molar-refractivity contribution is -0.122. The number of methoxy groups -OCH3 is 1. The van der Waals surface area contributed by atoms with E-state index in [2.05, 4.69) is 5.32 Å². The molecule has 1 aromatic rings. The Balaban J connectivity index is 0.00000128. The van der Waals surface area contributed by atoms with E-state index in [0.717, 1.165) is 17.9 Å². The van der Waals surface area contributed by atoms with Gasteiger partial charge in [0.25, 0.3) is 0 Å². The smallest absolute Gasteiger partial charge is 0.158 e. The molecule has 1 aliphatic rings. The minimum Gasteiger partial charge on any atom is -0.497 e. The van der Waals surface area contributed by atoms with Crippen LogP contribution >= 0.6 is 12.4 Å². The molecule has 1 aliphatic heterocycles. The van der Waals surface area contributed by atoms with Crippen LogP contribution in [0.15, 0.2) is 24.3 Å². The molecule has 0 radical (unpaired) electrons. The Morgan fingerprint density at radius 2 is 1.94 bits per heavy atom. The van der Waals surface area contributed by atoms with Crippen LogP contribution in [0.25, 0.3) is 0 Å². The Bertz CT molecular complexity index is 377. The molecule has 1 saturated heterocycles. The minimum atomic E-state index is -0.508. The maximum absolute atomic E-state index is 11.8. The van der Waals surface area contributed by atoms with Gasteiger partial charge in [0.05, 0.1) is 7.11 Å². The number of nitrogens with one attached hydrogen (secondary N) is 1. The Kier molecular flexibility index (Phi) is 3.94. The summed E-state index contributed by atoms with van der Waals surface area (Å²) in [5.74, 6) is 1.07. The van der Waals surface area contributed by atoms with Gasteiger partial charge in [-0.3, -0.25) is 4.79 Å². The van der Waals surface area contributed by atoms with Gasteiger partial charge in [0.2, 0.25) is 0 Å². The molecule has 1 N–H and O–H groups in total. The molecule has 0 spiro atoms. The Labute approximate surface area is 102 Å². The molecule has 4 heteroatoms. The first-order valence-corrected chi connectivity index (χ1v) is 5.09. The van der Waals surface area contributed by atoms with Gasteiger partial charge in [-0.2, -0.15) is 0 Å². The molecule has 0 bridgehead atoms. The maximum Gasteiger partial charge on any atom is 0.158 e. The van der Waals surface area contributed by atoms with Crippen molar-refractivity contribution in [3.8, 4) is 5.75 Å². The molecule has 1 atom stereocenters. The molecular formula is C12H16ClNO2. The summed E-state index contributed by atoms with van der Waals surface area (Å²) in [7, 11) is 1.63. The molecule has 0 amide bonds. The van der Waals surface area contributed by atoms with Crippen molar-refractivity contribution in [1.29, 1.82) is 0 Å². The third-order valence-corrected chi connectivity index (χ3v) is 3.06. The van der Waals surface area contributed by atoms with Gasteiger partial charge in [0.15, 0.2) is 5.78 Å². The first-order valence-electron chi connectivity index (χ1n) is 5.09. The van der Waals surface area contributed by atoms with Gasteiger partial charge in [0, 0.05) is 13.0 Å². The summed E-state index contributed by atoms with van der Waals surface area (Å²) in [5.41, 5.74) is 0.498. The van der Waals surface area contributed by atoms with E-state index in [0.29, 0.717) is 6.42 Å². The number of hydrogen-bond donors (Lipinski definition) is 1. The number of carbonyl (C=O) groups excluding carboxylic acids is 1. The van der Waals surface area contributed by atoms with E-state index in [1.54, 1.807) is 7.11 Å². The van der Waals surface area contributed by atoms with Crippen LogP contribution < -0.4 is 10.1 Å². The molecule has 16 heavy (non-hydrogen) atoms. The van der Waals surface area contributed by atoms with Crippen molar-refractivity contribution >= 4 is 18.2 Å². The zero-order valence-electron chi connectivity index (χ0n) is 9.45. The molecule has 88 valence electrons. The van der Waals surface area contributed by atoms with E-state index < -0.39 is 5.54 Å². The number of benzene rings is 1. The lowest BCUT2D eigenvalue weighted by atomic mass is 9.89. The molecular weight excluding hydrogens is 226 g/mol. The standard InChI is InChI=1S/C12H15NO2.ClH/c1-12(11(14)7-8-13-12)9-3-5-10(15-2)6-4-9;/h3-6,13H,7-8H2,1-2H3;1H. The van der Waals surface area contributed by atoms with Gasteiger partial charge in [-0.15, -0.1) is 12.4 Å². The average molecular weight is 242 g/mol. The highest BCUT2D eigenvalue weighted by Crippen LogP contribution is 2.28. The Morgan fingerprint density at radius 1 is 1.31 bits per heavy atom. The lowest BCUT2D eigenvalue weighted by Crippen LogP contribution is -2.38. The van der Waals surface area contributed by atoms with Crippen molar-refractivity contribution < 1.29 is 9.53 Å². The van der Waals surface area contributed by atoms with E-state index in [9.17, 15) is 4.79 Å². The molecule has 0 aliphatic carbocycles. The SMILES string of the molecule is COc1ccc(C2(C)NCCC2=O)cc1.Cl. The number of rotatable bonds is 2. The Hall–Kier alpha value is -1.06. The van der Waals surface area contributed by atoms with Crippen LogP contribution in [-0.2, 0) is 10.3 Å². The first kappa shape index (κ1) is 13.0. The average Bonchev–Trinajstić information content (AvgIpc) is 2.61. The summed E-state index contributed by atoms with van der Waals surface area (Å²) in [6.45, 7) is 2.70. The number of Topliss-reactive ketones (excluding diaryl/α,β-unsaturated/α-hetero) is 1. The maximum atomic E-state index is 11.8. The van der Waals surface area contributed by atoms with Gasteiger partial charge in [-0.25, -0.2) is 0 Å². The van der Waals surface area contributed by atoms with Crippen molar-refractivity contribution in [2.75, 3.05) is 13.7 Å². The summed E-state index contributed by atoms with van der Waals surface area (Å²) in [4.78, 5) is 11.8. The number of halogens is 1. The third-order valence-electron chi connectivity index (χ3n) is 3.06. The third kappa shape index (κ3) is 2.06. The number of ketones is 1. The van der Waals surface area contributed by atoms with E-state index in [4.69, 9.17) is 4.74 Å². The first-order chi connectivity index (χ1) is 7.16. The highest BCUT2D eigenvalue weighted by Gasteiger charge is 2.38. The van der Waals surface area contributed by atoms with E-state index in [1.165, 1.54) is 0 Å². The summed E-state index contributed by atoms with van der Waals surface area (Å²) in [6.07, 6.45) is 0.614. The zero-order chi connectivity index (χ0) is 10.9. The fourth-order valence-corrected chi connectivity index (χ4v) is 1.96. The largest absolute Gasteiger partial charge is 0.497 e. The van der Waals surface area contributed by atoms with Crippen molar-refractivity contribution in [2.45, 2.75) is 18.9 Å². The van der Waals surface area contributed by atoms with E-state index in [1.807, 2.05) is 31.2 Å². The molecule has 0 saturated carbocycles. The fourth-order valence-electron chi connectivity index (χ4n) is 1.96. The van der Waals surface area contributed by atoms with Crippen LogP contribution in [0, 0.1) is 0 Å². The van der Waals surface area contributed by atoms with Gasteiger partial charge in [-0.05, 0) is 24.6 Å². The summed E-state index contributed by atoms with van der Waals surface area (Å²) >= 11 is 0. The quantitative estimate of drug-likeness (QED) is 0.860. The van der Waals surface area contributed by atoms with Crippen molar-refractivity contribution in [3.63, 3.8) is 0 Å². The second-order valence-electron chi connectivity index (χ2n) is 3.95. The molecule has 1 heterocycles. The van der Waals surface area contributed by atoms with Gasteiger partial charge >= 0.3 is 0 Å². The molecule has 3 nitrogen and oxygen atoms in total.